The van der Waals surface area contributed by atoms with Gasteiger partial charge in [-0.25, -0.2) is 8.42 Å². The first-order valence-electron chi connectivity index (χ1n) is 13.7. The first-order chi connectivity index (χ1) is 19.8. The number of amides is 2. The van der Waals surface area contributed by atoms with Gasteiger partial charge in [0.05, 0.1) is 11.9 Å². The number of rotatable bonds is 10. The Balaban J connectivity index is 1.79. The second kappa shape index (κ2) is 13.1. The molecule has 2 amide bonds. The first-order valence-corrected chi connectivity index (χ1v) is 16.3. The largest absolute Gasteiger partial charge is 0.350 e. The summed E-state index contributed by atoms with van der Waals surface area (Å²) in [6.07, 6.45) is 1.35. The van der Waals surface area contributed by atoms with Crippen LogP contribution in [0.5, 0.6) is 0 Å². The molecule has 0 heterocycles. The standard InChI is InChI=1S/C33H36BrN3O4S/c1-33(2,3)35-32(39)30(21-24-11-6-5-7-12-24)36(22-25-17-19-27(34)20-18-25)31(38)23-37(42(4,40)41)29-16-10-14-26-13-8-9-15-28(26)29/h5-20,30H,21-23H2,1-4H3,(H,35,39). The Morgan fingerprint density at radius 2 is 1.45 bits per heavy atom. The quantitative estimate of drug-likeness (QED) is 0.231. The fourth-order valence-corrected chi connectivity index (χ4v) is 5.94. The molecule has 0 spiro atoms. The van der Waals surface area contributed by atoms with Crippen molar-refractivity contribution in [2.24, 2.45) is 0 Å². The molecule has 0 saturated heterocycles. The van der Waals surface area contributed by atoms with Crippen molar-refractivity contribution in [1.29, 1.82) is 0 Å². The minimum atomic E-state index is -3.87. The van der Waals surface area contributed by atoms with E-state index < -0.39 is 34.1 Å². The number of carbonyl (C=O) groups excluding carboxylic acids is 2. The van der Waals surface area contributed by atoms with Crippen molar-refractivity contribution >= 4 is 54.2 Å². The molecule has 1 N–H and O–H groups in total. The third-order valence-corrected chi connectivity index (χ3v) is 8.41. The number of halogens is 1. The molecule has 0 saturated carbocycles. The van der Waals surface area contributed by atoms with Gasteiger partial charge in [0.1, 0.15) is 12.6 Å². The van der Waals surface area contributed by atoms with Crippen LogP contribution in [0, 0.1) is 0 Å². The molecule has 0 aliphatic carbocycles. The van der Waals surface area contributed by atoms with Crippen LogP contribution in [-0.4, -0.2) is 49.5 Å². The van der Waals surface area contributed by atoms with Gasteiger partial charge in [0.15, 0.2) is 0 Å². The Bertz CT molecular complexity index is 1650. The second-order valence-electron chi connectivity index (χ2n) is 11.4. The third kappa shape index (κ3) is 8.20. The Labute approximate surface area is 256 Å². The van der Waals surface area contributed by atoms with Crippen molar-refractivity contribution in [2.75, 3.05) is 17.1 Å². The summed E-state index contributed by atoms with van der Waals surface area (Å²) in [6.45, 7) is 5.32. The highest BCUT2D eigenvalue weighted by atomic mass is 79.9. The summed E-state index contributed by atoms with van der Waals surface area (Å²) in [4.78, 5) is 29.7. The lowest BCUT2D eigenvalue weighted by Gasteiger charge is -2.35. The van der Waals surface area contributed by atoms with Crippen molar-refractivity contribution in [3.63, 3.8) is 0 Å². The van der Waals surface area contributed by atoms with Crippen LogP contribution in [0.1, 0.15) is 31.9 Å². The summed E-state index contributed by atoms with van der Waals surface area (Å²) < 4.78 is 28.4. The summed E-state index contributed by atoms with van der Waals surface area (Å²) in [5, 5.41) is 4.60. The van der Waals surface area contributed by atoms with Crippen LogP contribution >= 0.6 is 15.9 Å². The lowest BCUT2D eigenvalue weighted by molar-refractivity contribution is -0.140. The van der Waals surface area contributed by atoms with Crippen molar-refractivity contribution in [3.05, 3.63) is 113 Å². The van der Waals surface area contributed by atoms with Crippen LogP contribution < -0.4 is 9.62 Å². The predicted molar refractivity (Wildman–Crippen MR) is 173 cm³/mol. The number of hydrogen-bond donors (Lipinski definition) is 1. The van der Waals surface area contributed by atoms with Gasteiger partial charge in [0.25, 0.3) is 0 Å². The average molecular weight is 651 g/mol. The first kappa shape index (κ1) is 31.3. The third-order valence-electron chi connectivity index (χ3n) is 6.75. The molecule has 0 aliphatic heterocycles. The van der Waals surface area contributed by atoms with Gasteiger partial charge in [0, 0.05) is 28.4 Å². The fourth-order valence-electron chi connectivity index (χ4n) is 4.81. The molecular weight excluding hydrogens is 614 g/mol. The van der Waals surface area contributed by atoms with Crippen LogP contribution in [0.4, 0.5) is 5.69 Å². The zero-order valence-electron chi connectivity index (χ0n) is 24.2. The Morgan fingerprint density at radius 3 is 2.10 bits per heavy atom. The number of hydrogen-bond acceptors (Lipinski definition) is 4. The summed E-state index contributed by atoms with van der Waals surface area (Å²) in [5.74, 6) is -0.797. The number of anilines is 1. The average Bonchev–Trinajstić information content (AvgIpc) is 2.93. The van der Waals surface area contributed by atoms with Crippen molar-refractivity contribution in [2.45, 2.75) is 45.3 Å². The molecule has 4 rings (SSSR count). The maximum atomic E-state index is 14.3. The summed E-state index contributed by atoms with van der Waals surface area (Å²) in [7, 11) is -3.87. The Kier molecular flexibility index (Phi) is 9.74. The normalized spacial score (nSPS) is 12.5. The molecule has 0 bridgehead atoms. The number of nitrogens with zero attached hydrogens (tertiary/aromatic N) is 2. The smallest absolute Gasteiger partial charge is 0.244 e. The minimum Gasteiger partial charge on any atom is -0.350 e. The van der Waals surface area contributed by atoms with E-state index in [-0.39, 0.29) is 18.9 Å². The Morgan fingerprint density at radius 1 is 0.833 bits per heavy atom. The van der Waals surface area contributed by atoms with Gasteiger partial charge in [-0.05, 0) is 55.5 Å². The molecule has 1 unspecified atom stereocenters. The van der Waals surface area contributed by atoms with Gasteiger partial charge in [0.2, 0.25) is 21.8 Å². The van der Waals surface area contributed by atoms with Gasteiger partial charge in [-0.15, -0.1) is 0 Å². The van der Waals surface area contributed by atoms with E-state index in [0.717, 1.165) is 31.5 Å². The van der Waals surface area contributed by atoms with E-state index in [1.165, 1.54) is 4.90 Å². The molecule has 4 aromatic rings. The molecule has 0 aliphatic rings. The minimum absolute atomic E-state index is 0.119. The second-order valence-corrected chi connectivity index (χ2v) is 14.2. The van der Waals surface area contributed by atoms with Crippen molar-refractivity contribution in [1.82, 2.24) is 10.2 Å². The molecule has 4 aromatic carbocycles. The molecule has 1 atom stereocenters. The van der Waals surface area contributed by atoms with Gasteiger partial charge in [-0.3, -0.25) is 13.9 Å². The number of benzene rings is 4. The van der Waals surface area contributed by atoms with E-state index in [9.17, 15) is 18.0 Å². The lowest BCUT2D eigenvalue weighted by Crippen LogP contribution is -2.56. The van der Waals surface area contributed by atoms with Gasteiger partial charge < -0.3 is 10.2 Å². The highest BCUT2D eigenvalue weighted by molar-refractivity contribution is 9.10. The Hall–Kier alpha value is -3.69. The molecule has 7 nitrogen and oxygen atoms in total. The van der Waals surface area contributed by atoms with Gasteiger partial charge in [-0.1, -0.05) is 94.8 Å². The van der Waals surface area contributed by atoms with E-state index in [1.807, 2.05) is 106 Å². The van der Waals surface area contributed by atoms with E-state index in [2.05, 4.69) is 21.2 Å². The fraction of sp³-hybridized carbons (Fsp3) is 0.273. The molecule has 0 radical (unpaired) electrons. The molecule has 42 heavy (non-hydrogen) atoms. The van der Waals surface area contributed by atoms with Crippen LogP contribution in [0.3, 0.4) is 0 Å². The van der Waals surface area contributed by atoms with Crippen LogP contribution in [-0.2, 0) is 32.6 Å². The highest BCUT2D eigenvalue weighted by Crippen LogP contribution is 2.29. The van der Waals surface area contributed by atoms with Crippen molar-refractivity contribution < 1.29 is 18.0 Å². The number of nitrogens with one attached hydrogen (secondary N) is 1. The maximum absolute atomic E-state index is 14.3. The van der Waals surface area contributed by atoms with Crippen LogP contribution in [0.15, 0.2) is 102 Å². The van der Waals surface area contributed by atoms with E-state index in [0.29, 0.717) is 11.1 Å². The summed E-state index contributed by atoms with van der Waals surface area (Å²) in [5.41, 5.74) is 1.56. The maximum Gasteiger partial charge on any atom is 0.244 e. The van der Waals surface area contributed by atoms with Crippen LogP contribution in [0.2, 0.25) is 0 Å². The molecule has 0 fully saturated rings. The van der Waals surface area contributed by atoms with E-state index in [4.69, 9.17) is 0 Å². The number of sulfonamides is 1. The molecule has 220 valence electrons. The van der Waals surface area contributed by atoms with E-state index in [1.54, 1.807) is 12.1 Å². The van der Waals surface area contributed by atoms with Gasteiger partial charge >= 0.3 is 0 Å². The zero-order valence-corrected chi connectivity index (χ0v) is 26.7. The van der Waals surface area contributed by atoms with E-state index >= 15 is 0 Å². The number of fused-ring (bicyclic) bond motifs is 1. The van der Waals surface area contributed by atoms with Gasteiger partial charge in [-0.2, -0.15) is 0 Å². The highest BCUT2D eigenvalue weighted by Gasteiger charge is 2.34. The monoisotopic (exact) mass is 649 g/mol. The number of carbonyl (C=O) groups is 2. The molecular formula is C33H36BrN3O4S. The molecule has 0 aromatic heterocycles. The topological polar surface area (TPSA) is 86.8 Å². The SMILES string of the molecule is CC(C)(C)NC(=O)C(Cc1ccccc1)N(Cc1ccc(Br)cc1)C(=O)CN(c1cccc2ccccc12)S(C)(=O)=O. The summed E-state index contributed by atoms with van der Waals surface area (Å²) >= 11 is 3.45. The van der Waals surface area contributed by atoms with Crippen LogP contribution in [0.25, 0.3) is 10.8 Å². The zero-order chi connectivity index (χ0) is 30.5. The van der Waals surface area contributed by atoms with Crippen molar-refractivity contribution in [3.8, 4) is 0 Å². The summed E-state index contributed by atoms with van der Waals surface area (Å²) in [6, 6.07) is 28.9. The predicted octanol–water partition coefficient (Wildman–Crippen LogP) is 5.92. The molecule has 9 heteroatoms. The lowest BCUT2D eigenvalue weighted by atomic mass is 10.0.